The molecule has 3 atom stereocenters. The van der Waals surface area contributed by atoms with E-state index in [4.69, 9.17) is 4.74 Å². The van der Waals surface area contributed by atoms with Gasteiger partial charge < -0.3 is 15.2 Å². The monoisotopic (exact) mass is 321 g/mol. The van der Waals surface area contributed by atoms with E-state index in [1.807, 2.05) is 13.8 Å². The normalized spacial score (nSPS) is 15.0. The second-order valence-electron chi connectivity index (χ2n) is 5.57. The summed E-state index contributed by atoms with van der Waals surface area (Å²) in [6.45, 7) is 3.71. The molecule has 0 bridgehead atoms. The molecular formula is C18H21F2NO2. The molecule has 124 valence electrons. The van der Waals surface area contributed by atoms with E-state index in [2.05, 4.69) is 5.32 Å². The SMILES string of the molecule is COc1ccc(C(C)NC(C)C(O)c2ccc(F)cc2)cc1F. The Morgan fingerprint density at radius 3 is 2.17 bits per heavy atom. The van der Waals surface area contributed by atoms with Crippen LogP contribution in [0.5, 0.6) is 5.75 Å². The molecule has 3 nitrogen and oxygen atoms in total. The van der Waals surface area contributed by atoms with Gasteiger partial charge in [0.05, 0.1) is 13.2 Å². The second kappa shape index (κ2) is 7.53. The molecule has 0 aliphatic heterocycles. The number of aliphatic hydroxyl groups excluding tert-OH is 1. The summed E-state index contributed by atoms with van der Waals surface area (Å²) in [4.78, 5) is 0. The van der Waals surface area contributed by atoms with Gasteiger partial charge in [-0.3, -0.25) is 0 Å². The predicted octanol–water partition coefficient (Wildman–Crippen LogP) is 3.75. The van der Waals surface area contributed by atoms with Crippen LogP contribution in [0.15, 0.2) is 42.5 Å². The minimum atomic E-state index is -0.791. The molecule has 0 amide bonds. The summed E-state index contributed by atoms with van der Waals surface area (Å²) in [5, 5.41) is 13.6. The molecule has 0 saturated carbocycles. The molecule has 23 heavy (non-hydrogen) atoms. The standard InChI is InChI=1S/C18H21F2NO2/c1-11(14-6-9-17(23-3)16(20)10-14)21-12(2)18(22)13-4-7-15(19)8-5-13/h4-12,18,21-22H,1-3H3. The lowest BCUT2D eigenvalue weighted by Crippen LogP contribution is -2.34. The first kappa shape index (κ1) is 17.4. The average Bonchev–Trinajstić information content (AvgIpc) is 2.54. The first-order chi connectivity index (χ1) is 10.9. The van der Waals surface area contributed by atoms with Gasteiger partial charge in [0.25, 0.3) is 0 Å². The molecule has 2 aromatic rings. The molecule has 0 heterocycles. The zero-order valence-electron chi connectivity index (χ0n) is 13.4. The molecule has 0 saturated heterocycles. The third kappa shape index (κ3) is 4.27. The first-order valence-electron chi connectivity index (χ1n) is 7.45. The maximum Gasteiger partial charge on any atom is 0.165 e. The van der Waals surface area contributed by atoms with E-state index < -0.39 is 11.9 Å². The van der Waals surface area contributed by atoms with Crippen LogP contribution in [0.3, 0.4) is 0 Å². The van der Waals surface area contributed by atoms with Crippen molar-refractivity contribution in [3.63, 3.8) is 0 Å². The average molecular weight is 321 g/mol. The second-order valence-corrected chi connectivity index (χ2v) is 5.57. The van der Waals surface area contributed by atoms with E-state index in [0.717, 1.165) is 5.56 Å². The molecule has 5 heteroatoms. The number of halogens is 2. The number of methoxy groups -OCH3 is 1. The minimum absolute atomic E-state index is 0.166. The molecular weight excluding hydrogens is 300 g/mol. The highest BCUT2D eigenvalue weighted by Gasteiger charge is 2.19. The Morgan fingerprint density at radius 2 is 1.61 bits per heavy atom. The van der Waals surface area contributed by atoms with Gasteiger partial charge in [-0.2, -0.15) is 0 Å². The van der Waals surface area contributed by atoms with Gasteiger partial charge in [-0.15, -0.1) is 0 Å². The number of hydrogen-bond donors (Lipinski definition) is 2. The van der Waals surface area contributed by atoms with E-state index >= 15 is 0 Å². The lowest BCUT2D eigenvalue weighted by molar-refractivity contribution is 0.130. The van der Waals surface area contributed by atoms with Crippen LogP contribution in [-0.2, 0) is 0 Å². The fraction of sp³-hybridized carbons (Fsp3) is 0.333. The van der Waals surface area contributed by atoms with Crippen LogP contribution < -0.4 is 10.1 Å². The van der Waals surface area contributed by atoms with Crippen LogP contribution >= 0.6 is 0 Å². The van der Waals surface area contributed by atoms with Gasteiger partial charge in [0.15, 0.2) is 11.6 Å². The van der Waals surface area contributed by atoms with Crippen molar-refractivity contribution in [3.8, 4) is 5.75 Å². The molecule has 0 aliphatic carbocycles. The van der Waals surface area contributed by atoms with E-state index in [9.17, 15) is 13.9 Å². The van der Waals surface area contributed by atoms with Crippen LogP contribution in [0.25, 0.3) is 0 Å². The Kier molecular flexibility index (Phi) is 5.69. The van der Waals surface area contributed by atoms with Gasteiger partial charge in [0.2, 0.25) is 0 Å². The Bertz CT molecular complexity index is 646. The first-order valence-corrected chi connectivity index (χ1v) is 7.45. The Hall–Kier alpha value is -1.98. The van der Waals surface area contributed by atoms with Crippen molar-refractivity contribution in [1.82, 2.24) is 5.32 Å². The Labute approximate surface area is 134 Å². The van der Waals surface area contributed by atoms with Crippen LogP contribution in [0.2, 0.25) is 0 Å². The zero-order valence-corrected chi connectivity index (χ0v) is 13.4. The zero-order chi connectivity index (χ0) is 17.0. The third-order valence-electron chi connectivity index (χ3n) is 3.87. The quantitative estimate of drug-likeness (QED) is 0.851. The van der Waals surface area contributed by atoms with Gasteiger partial charge in [-0.25, -0.2) is 8.78 Å². The summed E-state index contributed by atoms with van der Waals surface area (Å²) in [6.07, 6.45) is -0.791. The van der Waals surface area contributed by atoms with E-state index in [1.165, 1.54) is 25.3 Å². The van der Waals surface area contributed by atoms with Crippen LogP contribution in [0, 0.1) is 11.6 Å². The molecule has 2 aromatic carbocycles. The van der Waals surface area contributed by atoms with Gasteiger partial charge in [-0.1, -0.05) is 18.2 Å². The minimum Gasteiger partial charge on any atom is -0.494 e. The summed E-state index contributed by atoms with van der Waals surface area (Å²) in [6, 6.07) is 10.0. The van der Waals surface area contributed by atoms with Crippen molar-refractivity contribution in [2.24, 2.45) is 0 Å². The molecule has 2 N–H and O–H groups in total. The number of aliphatic hydroxyl groups is 1. The van der Waals surface area contributed by atoms with Gasteiger partial charge in [-0.05, 0) is 49.2 Å². The van der Waals surface area contributed by atoms with Crippen molar-refractivity contribution in [2.45, 2.75) is 32.0 Å². The summed E-state index contributed by atoms with van der Waals surface area (Å²) in [5.41, 5.74) is 1.38. The summed E-state index contributed by atoms with van der Waals surface area (Å²) >= 11 is 0. The number of rotatable bonds is 6. The number of nitrogens with one attached hydrogen (secondary N) is 1. The Morgan fingerprint density at radius 1 is 1.00 bits per heavy atom. The number of benzene rings is 2. The van der Waals surface area contributed by atoms with Gasteiger partial charge in [0.1, 0.15) is 5.82 Å². The van der Waals surface area contributed by atoms with E-state index in [0.29, 0.717) is 5.56 Å². The van der Waals surface area contributed by atoms with Crippen LogP contribution in [0.1, 0.15) is 37.1 Å². The van der Waals surface area contributed by atoms with Crippen molar-refractivity contribution in [2.75, 3.05) is 7.11 Å². The van der Waals surface area contributed by atoms with Gasteiger partial charge >= 0.3 is 0 Å². The molecule has 0 aliphatic rings. The fourth-order valence-corrected chi connectivity index (χ4v) is 2.48. The molecule has 0 aromatic heterocycles. The van der Waals surface area contributed by atoms with Crippen molar-refractivity contribution >= 4 is 0 Å². The summed E-state index contributed by atoms with van der Waals surface area (Å²) in [7, 11) is 1.42. The summed E-state index contributed by atoms with van der Waals surface area (Å²) in [5.74, 6) is -0.575. The fourth-order valence-electron chi connectivity index (χ4n) is 2.48. The Balaban J connectivity index is 2.05. The topological polar surface area (TPSA) is 41.5 Å². The summed E-state index contributed by atoms with van der Waals surface area (Å²) < 4.78 is 31.6. The maximum atomic E-state index is 13.8. The molecule has 0 fully saturated rings. The maximum absolute atomic E-state index is 13.8. The molecule has 0 radical (unpaired) electrons. The van der Waals surface area contributed by atoms with Gasteiger partial charge in [0, 0.05) is 12.1 Å². The molecule has 3 unspecified atom stereocenters. The molecule has 2 rings (SSSR count). The van der Waals surface area contributed by atoms with E-state index in [-0.39, 0.29) is 23.7 Å². The predicted molar refractivity (Wildman–Crippen MR) is 85.3 cm³/mol. The number of ether oxygens (including phenoxy) is 1. The lowest BCUT2D eigenvalue weighted by atomic mass is 10.0. The third-order valence-corrected chi connectivity index (χ3v) is 3.87. The van der Waals surface area contributed by atoms with Crippen molar-refractivity contribution in [3.05, 3.63) is 65.2 Å². The van der Waals surface area contributed by atoms with Crippen LogP contribution in [0.4, 0.5) is 8.78 Å². The number of hydrogen-bond acceptors (Lipinski definition) is 3. The smallest absolute Gasteiger partial charge is 0.165 e. The largest absolute Gasteiger partial charge is 0.494 e. The highest BCUT2D eigenvalue weighted by molar-refractivity contribution is 5.31. The van der Waals surface area contributed by atoms with Crippen LogP contribution in [-0.4, -0.2) is 18.3 Å². The van der Waals surface area contributed by atoms with E-state index in [1.54, 1.807) is 24.3 Å². The van der Waals surface area contributed by atoms with Crippen molar-refractivity contribution in [1.29, 1.82) is 0 Å². The lowest BCUT2D eigenvalue weighted by Gasteiger charge is -2.25. The highest BCUT2D eigenvalue weighted by atomic mass is 19.1. The highest BCUT2D eigenvalue weighted by Crippen LogP contribution is 2.24. The van der Waals surface area contributed by atoms with Crippen molar-refractivity contribution < 1.29 is 18.6 Å². The molecule has 0 spiro atoms.